The molecule has 0 aromatic heterocycles. The molecule has 170 valence electrons. The number of amides is 1. The third kappa shape index (κ3) is 6.38. The molecule has 0 fully saturated rings. The van der Waals surface area contributed by atoms with E-state index >= 15 is 0 Å². The molecular weight excluding hydrogens is 455 g/mol. The van der Waals surface area contributed by atoms with Crippen LogP contribution in [0.15, 0.2) is 64.5 Å². The molecule has 3 rings (SSSR count). The number of hydrogen-bond donors (Lipinski definition) is 2. The van der Waals surface area contributed by atoms with Crippen molar-refractivity contribution < 1.29 is 17.6 Å². The van der Waals surface area contributed by atoms with Gasteiger partial charge in [-0.15, -0.1) is 0 Å². The number of carbonyl (C=O) groups excluding carboxylic acids is 1. The summed E-state index contributed by atoms with van der Waals surface area (Å²) in [6.45, 7) is 2.23. The van der Waals surface area contributed by atoms with E-state index in [0.717, 1.165) is 48.3 Å². The summed E-state index contributed by atoms with van der Waals surface area (Å²) in [5, 5.41) is 5.78. The molecule has 0 aliphatic carbocycles. The Labute approximate surface area is 191 Å². The van der Waals surface area contributed by atoms with Gasteiger partial charge in [0.25, 0.3) is 0 Å². The van der Waals surface area contributed by atoms with Crippen LogP contribution in [-0.4, -0.2) is 57.6 Å². The van der Waals surface area contributed by atoms with Crippen LogP contribution in [0.2, 0.25) is 5.02 Å². The number of nitrogens with one attached hydrogen (secondary N) is 2. The van der Waals surface area contributed by atoms with Gasteiger partial charge in [-0.2, -0.15) is 0 Å². The summed E-state index contributed by atoms with van der Waals surface area (Å²) >= 11 is 5.82. The average molecular weight is 479 g/mol. The zero-order valence-corrected chi connectivity index (χ0v) is 19.1. The van der Waals surface area contributed by atoms with Crippen molar-refractivity contribution in [2.75, 3.05) is 32.6 Å². The molecule has 2 aromatic carbocycles. The van der Waals surface area contributed by atoms with Crippen LogP contribution in [0.3, 0.4) is 0 Å². The van der Waals surface area contributed by atoms with Gasteiger partial charge in [-0.25, -0.2) is 12.8 Å². The van der Waals surface area contributed by atoms with Crippen molar-refractivity contribution in [3.05, 3.63) is 76.6 Å². The van der Waals surface area contributed by atoms with Crippen molar-refractivity contribution in [2.45, 2.75) is 11.4 Å². The first-order valence-corrected chi connectivity index (χ1v) is 12.0. The van der Waals surface area contributed by atoms with Gasteiger partial charge < -0.3 is 10.2 Å². The van der Waals surface area contributed by atoms with Gasteiger partial charge in [-0.05, 0) is 23.8 Å². The number of benzene rings is 2. The third-order valence-electron chi connectivity index (χ3n) is 4.74. The fourth-order valence-electron chi connectivity index (χ4n) is 3.08. The second kappa shape index (κ2) is 10.7. The Morgan fingerprint density at radius 3 is 2.69 bits per heavy atom. The van der Waals surface area contributed by atoms with Gasteiger partial charge in [-0.3, -0.25) is 15.1 Å². The summed E-state index contributed by atoms with van der Waals surface area (Å²) in [5.41, 5.74) is 2.00. The van der Waals surface area contributed by atoms with Crippen molar-refractivity contribution >= 4 is 33.2 Å². The molecule has 0 saturated heterocycles. The van der Waals surface area contributed by atoms with Crippen molar-refractivity contribution in [3.8, 4) is 0 Å². The Morgan fingerprint density at radius 2 is 2.03 bits per heavy atom. The van der Waals surface area contributed by atoms with Gasteiger partial charge in [0, 0.05) is 38.3 Å². The molecule has 0 unspecified atom stereocenters. The lowest BCUT2D eigenvalue weighted by Gasteiger charge is -2.15. The fourth-order valence-corrected chi connectivity index (χ4v) is 4.77. The Kier molecular flexibility index (Phi) is 8.00. The van der Waals surface area contributed by atoms with E-state index in [9.17, 15) is 17.6 Å². The van der Waals surface area contributed by atoms with E-state index in [1.807, 2.05) is 24.3 Å². The number of amidine groups is 1. The molecule has 1 heterocycles. The van der Waals surface area contributed by atoms with E-state index in [1.54, 1.807) is 18.0 Å². The highest BCUT2D eigenvalue weighted by Gasteiger charge is 2.18. The molecule has 7 nitrogen and oxygen atoms in total. The molecule has 2 N–H and O–H groups in total. The molecule has 1 aliphatic rings. The maximum Gasteiger partial charge on any atom is 0.246 e. The number of halogens is 2. The second-order valence-corrected chi connectivity index (χ2v) is 9.60. The smallest absolute Gasteiger partial charge is 0.246 e. The van der Waals surface area contributed by atoms with Crippen molar-refractivity contribution in [1.29, 1.82) is 0 Å². The lowest BCUT2D eigenvalue weighted by molar-refractivity contribution is -0.125. The van der Waals surface area contributed by atoms with Crippen molar-refractivity contribution in [3.63, 3.8) is 0 Å². The second-order valence-electron chi connectivity index (χ2n) is 7.24. The molecular formula is C22H24ClFN4O3S. The summed E-state index contributed by atoms with van der Waals surface area (Å²) < 4.78 is 37.7. The van der Waals surface area contributed by atoms with Crippen LogP contribution in [-0.2, 0) is 21.2 Å². The van der Waals surface area contributed by atoms with Crippen LogP contribution in [0.4, 0.5) is 4.39 Å². The monoisotopic (exact) mass is 478 g/mol. The Balaban J connectivity index is 1.45. The number of carbonyl (C=O) groups is 1. The highest BCUT2D eigenvalue weighted by atomic mass is 35.5. The van der Waals surface area contributed by atoms with Crippen LogP contribution in [0.1, 0.15) is 11.1 Å². The van der Waals surface area contributed by atoms with E-state index < -0.39 is 15.7 Å². The van der Waals surface area contributed by atoms with E-state index in [0.29, 0.717) is 6.54 Å². The van der Waals surface area contributed by atoms with Crippen molar-refractivity contribution in [2.24, 2.45) is 4.99 Å². The standard InChI is InChI=1S/C22H24ClFN4O3S/c1-28(14-16-4-6-17(7-5-16)22-26-11-12-27-22)21(29)3-2-10-25-15-32(30,31)20-9-8-18(24)13-19(20)23/h2-9,13,25H,10-12,14-15H2,1H3,(H,26,27). The third-order valence-corrected chi connectivity index (χ3v) is 6.78. The van der Waals surface area contributed by atoms with E-state index in [1.165, 1.54) is 6.08 Å². The average Bonchev–Trinajstić information content (AvgIpc) is 3.28. The summed E-state index contributed by atoms with van der Waals surface area (Å²) in [6, 6.07) is 11.0. The minimum absolute atomic E-state index is 0.144. The van der Waals surface area contributed by atoms with Crippen LogP contribution >= 0.6 is 11.6 Å². The minimum Gasteiger partial charge on any atom is -0.368 e. The van der Waals surface area contributed by atoms with Gasteiger partial charge in [0.1, 0.15) is 17.5 Å². The maximum atomic E-state index is 13.1. The highest BCUT2D eigenvalue weighted by Crippen LogP contribution is 2.22. The molecule has 1 aliphatic heterocycles. The lowest BCUT2D eigenvalue weighted by atomic mass is 10.1. The fraction of sp³-hybridized carbons (Fsp3) is 0.273. The molecule has 10 heteroatoms. The van der Waals surface area contributed by atoms with Gasteiger partial charge in [0.2, 0.25) is 5.91 Å². The molecule has 0 saturated carbocycles. The van der Waals surface area contributed by atoms with Gasteiger partial charge in [-0.1, -0.05) is 41.9 Å². The van der Waals surface area contributed by atoms with Crippen molar-refractivity contribution in [1.82, 2.24) is 15.5 Å². The molecule has 0 radical (unpaired) electrons. The Morgan fingerprint density at radius 1 is 1.28 bits per heavy atom. The molecule has 2 aromatic rings. The summed E-state index contributed by atoms with van der Waals surface area (Å²) in [7, 11) is -2.04. The van der Waals surface area contributed by atoms with Crippen LogP contribution in [0.5, 0.6) is 0 Å². The molecule has 32 heavy (non-hydrogen) atoms. The van der Waals surface area contributed by atoms with Gasteiger partial charge >= 0.3 is 0 Å². The normalized spacial score (nSPS) is 13.8. The van der Waals surface area contributed by atoms with Crippen LogP contribution in [0.25, 0.3) is 0 Å². The SMILES string of the molecule is CN(Cc1ccc(C2=NCCN2)cc1)C(=O)C=CCNCS(=O)(=O)c1ccc(F)cc1Cl. The number of aliphatic imine (C=N–C) groups is 1. The summed E-state index contributed by atoms with van der Waals surface area (Å²) in [5.74, 6) is -0.315. The number of likely N-dealkylation sites (N-methyl/N-ethyl adjacent to an activating group) is 1. The first-order chi connectivity index (χ1) is 15.3. The zero-order valence-electron chi connectivity index (χ0n) is 17.5. The largest absolute Gasteiger partial charge is 0.368 e. The van der Waals surface area contributed by atoms with E-state index in [4.69, 9.17) is 11.6 Å². The number of hydrogen-bond acceptors (Lipinski definition) is 6. The van der Waals surface area contributed by atoms with Gasteiger partial charge in [0.15, 0.2) is 9.84 Å². The van der Waals surface area contributed by atoms with E-state index in [2.05, 4.69) is 15.6 Å². The van der Waals surface area contributed by atoms with Gasteiger partial charge in [0.05, 0.1) is 16.5 Å². The lowest BCUT2D eigenvalue weighted by Crippen LogP contribution is -2.26. The molecule has 0 atom stereocenters. The van der Waals surface area contributed by atoms with Crippen LogP contribution in [0, 0.1) is 5.82 Å². The summed E-state index contributed by atoms with van der Waals surface area (Å²) in [4.78, 5) is 18.1. The predicted octanol–water partition coefficient (Wildman–Crippen LogP) is 2.36. The Bertz CT molecular complexity index is 1130. The molecule has 0 spiro atoms. The quantitative estimate of drug-likeness (QED) is 0.328. The predicted molar refractivity (Wildman–Crippen MR) is 123 cm³/mol. The highest BCUT2D eigenvalue weighted by molar-refractivity contribution is 7.91. The zero-order chi connectivity index (χ0) is 23.1. The van der Waals surface area contributed by atoms with Crippen LogP contribution < -0.4 is 10.6 Å². The summed E-state index contributed by atoms with van der Waals surface area (Å²) in [6.07, 6.45) is 2.93. The number of nitrogens with zero attached hydrogens (tertiary/aromatic N) is 2. The Hall–Kier alpha value is -2.75. The minimum atomic E-state index is -3.73. The molecule has 1 amide bonds. The number of rotatable bonds is 9. The molecule has 0 bridgehead atoms. The topological polar surface area (TPSA) is 90.9 Å². The first kappa shape index (κ1) is 23.9. The maximum absolute atomic E-state index is 13.1. The van der Waals surface area contributed by atoms with E-state index in [-0.39, 0.29) is 28.2 Å². The number of sulfone groups is 1. The first-order valence-electron chi connectivity index (χ1n) is 9.94.